The van der Waals surface area contributed by atoms with Gasteiger partial charge in [0.05, 0.1) is 0 Å². The molecule has 1 aromatic carbocycles. The standard InChI is InChI=1S/C16H16FNO2/c1-12-7-8-14(20-12)9-10-16(19)18(2)11-13-5-3-4-6-15(13)17/h3-10H,11H2,1-2H3/b10-9+. The average molecular weight is 273 g/mol. The summed E-state index contributed by atoms with van der Waals surface area (Å²) >= 11 is 0. The number of aryl methyl sites for hydroxylation is 1. The third kappa shape index (κ3) is 3.57. The van der Waals surface area contributed by atoms with Gasteiger partial charge < -0.3 is 9.32 Å². The molecule has 1 aromatic heterocycles. The highest BCUT2D eigenvalue weighted by Crippen LogP contribution is 2.11. The minimum atomic E-state index is -0.308. The van der Waals surface area contributed by atoms with Gasteiger partial charge in [0.2, 0.25) is 5.91 Å². The molecule has 0 N–H and O–H groups in total. The number of rotatable bonds is 4. The summed E-state index contributed by atoms with van der Waals surface area (Å²) in [6.45, 7) is 2.07. The van der Waals surface area contributed by atoms with Crippen LogP contribution < -0.4 is 0 Å². The Hall–Kier alpha value is -2.36. The van der Waals surface area contributed by atoms with Crippen LogP contribution >= 0.6 is 0 Å². The first kappa shape index (κ1) is 14.1. The van der Waals surface area contributed by atoms with Gasteiger partial charge in [0.15, 0.2) is 0 Å². The molecule has 1 amide bonds. The van der Waals surface area contributed by atoms with Crippen molar-refractivity contribution in [3.05, 3.63) is 65.4 Å². The van der Waals surface area contributed by atoms with Crippen molar-refractivity contribution in [2.45, 2.75) is 13.5 Å². The summed E-state index contributed by atoms with van der Waals surface area (Å²) in [5, 5.41) is 0. The van der Waals surface area contributed by atoms with E-state index < -0.39 is 0 Å². The summed E-state index contributed by atoms with van der Waals surface area (Å²) in [5.41, 5.74) is 0.491. The molecule has 0 unspecified atom stereocenters. The molecule has 2 aromatic rings. The predicted molar refractivity (Wildman–Crippen MR) is 75.4 cm³/mol. The highest BCUT2D eigenvalue weighted by atomic mass is 19.1. The van der Waals surface area contributed by atoms with E-state index in [1.54, 1.807) is 37.4 Å². The molecule has 0 saturated heterocycles. The highest BCUT2D eigenvalue weighted by Gasteiger charge is 2.08. The fraction of sp³-hybridized carbons (Fsp3) is 0.188. The van der Waals surface area contributed by atoms with Crippen LogP contribution in [0.5, 0.6) is 0 Å². The molecule has 4 heteroatoms. The molecule has 0 atom stereocenters. The van der Waals surface area contributed by atoms with Crippen molar-refractivity contribution in [1.82, 2.24) is 4.90 Å². The van der Waals surface area contributed by atoms with E-state index in [0.717, 1.165) is 5.76 Å². The molecule has 0 aliphatic carbocycles. The Morgan fingerprint density at radius 1 is 1.30 bits per heavy atom. The van der Waals surface area contributed by atoms with Gasteiger partial charge in [-0.05, 0) is 31.2 Å². The second-order valence-electron chi connectivity index (χ2n) is 4.57. The normalized spacial score (nSPS) is 10.9. The molecule has 0 aliphatic rings. The van der Waals surface area contributed by atoms with Crippen LogP contribution in [0.3, 0.4) is 0 Å². The van der Waals surface area contributed by atoms with E-state index >= 15 is 0 Å². The van der Waals surface area contributed by atoms with Crippen molar-refractivity contribution in [2.24, 2.45) is 0 Å². The first-order valence-electron chi connectivity index (χ1n) is 6.29. The van der Waals surface area contributed by atoms with Crippen LogP contribution in [-0.4, -0.2) is 17.9 Å². The predicted octanol–water partition coefficient (Wildman–Crippen LogP) is 3.40. The van der Waals surface area contributed by atoms with Crippen LogP contribution in [0.2, 0.25) is 0 Å². The van der Waals surface area contributed by atoms with Crippen LogP contribution in [0, 0.1) is 12.7 Å². The number of carbonyl (C=O) groups excluding carboxylic acids is 1. The Morgan fingerprint density at radius 3 is 2.70 bits per heavy atom. The van der Waals surface area contributed by atoms with E-state index in [9.17, 15) is 9.18 Å². The van der Waals surface area contributed by atoms with Crippen LogP contribution in [-0.2, 0) is 11.3 Å². The zero-order valence-electron chi connectivity index (χ0n) is 11.5. The van der Waals surface area contributed by atoms with E-state index in [1.165, 1.54) is 17.0 Å². The van der Waals surface area contributed by atoms with Gasteiger partial charge in [-0.3, -0.25) is 4.79 Å². The lowest BCUT2D eigenvalue weighted by Gasteiger charge is -2.15. The van der Waals surface area contributed by atoms with E-state index in [0.29, 0.717) is 11.3 Å². The van der Waals surface area contributed by atoms with E-state index in [2.05, 4.69) is 0 Å². The maximum atomic E-state index is 13.5. The highest BCUT2D eigenvalue weighted by molar-refractivity contribution is 5.91. The molecule has 20 heavy (non-hydrogen) atoms. The molecule has 2 rings (SSSR count). The average Bonchev–Trinajstić information content (AvgIpc) is 2.84. The van der Waals surface area contributed by atoms with Crippen molar-refractivity contribution >= 4 is 12.0 Å². The fourth-order valence-electron chi connectivity index (χ4n) is 1.78. The first-order chi connectivity index (χ1) is 9.56. The van der Waals surface area contributed by atoms with Crippen molar-refractivity contribution in [3.8, 4) is 0 Å². The summed E-state index contributed by atoms with van der Waals surface area (Å²) in [7, 11) is 1.63. The van der Waals surface area contributed by atoms with Gasteiger partial charge in [-0.1, -0.05) is 18.2 Å². The Balaban J connectivity index is 1.99. The topological polar surface area (TPSA) is 33.5 Å². The largest absolute Gasteiger partial charge is 0.462 e. The number of carbonyl (C=O) groups is 1. The van der Waals surface area contributed by atoms with Crippen molar-refractivity contribution < 1.29 is 13.6 Å². The van der Waals surface area contributed by atoms with E-state index in [4.69, 9.17) is 4.42 Å². The second kappa shape index (κ2) is 6.19. The Kier molecular flexibility index (Phi) is 4.35. The number of likely N-dealkylation sites (N-methyl/N-ethyl adjacent to an activating group) is 1. The zero-order valence-corrected chi connectivity index (χ0v) is 11.5. The van der Waals surface area contributed by atoms with Crippen molar-refractivity contribution in [3.63, 3.8) is 0 Å². The van der Waals surface area contributed by atoms with Gasteiger partial charge in [0.1, 0.15) is 17.3 Å². The smallest absolute Gasteiger partial charge is 0.246 e. The van der Waals surface area contributed by atoms with Gasteiger partial charge in [-0.25, -0.2) is 4.39 Å². The minimum absolute atomic E-state index is 0.206. The lowest BCUT2D eigenvalue weighted by atomic mass is 10.2. The van der Waals surface area contributed by atoms with Crippen LogP contribution in [0.15, 0.2) is 46.9 Å². The van der Waals surface area contributed by atoms with Crippen LogP contribution in [0.4, 0.5) is 4.39 Å². The molecular weight excluding hydrogens is 257 g/mol. The molecule has 104 valence electrons. The number of amides is 1. The summed E-state index contributed by atoms with van der Waals surface area (Å²) in [6.07, 6.45) is 3.02. The molecule has 0 radical (unpaired) electrons. The molecule has 0 fully saturated rings. The van der Waals surface area contributed by atoms with Gasteiger partial charge in [0.25, 0.3) is 0 Å². The lowest BCUT2D eigenvalue weighted by Crippen LogP contribution is -2.24. The summed E-state index contributed by atoms with van der Waals surface area (Å²) < 4.78 is 18.8. The maximum absolute atomic E-state index is 13.5. The van der Waals surface area contributed by atoms with Crippen LogP contribution in [0.25, 0.3) is 6.08 Å². The number of hydrogen-bond acceptors (Lipinski definition) is 2. The molecule has 0 spiro atoms. The number of hydrogen-bond donors (Lipinski definition) is 0. The van der Waals surface area contributed by atoms with Gasteiger partial charge in [-0.2, -0.15) is 0 Å². The third-order valence-corrected chi connectivity index (χ3v) is 2.89. The fourth-order valence-corrected chi connectivity index (χ4v) is 1.78. The SMILES string of the molecule is Cc1ccc(/C=C/C(=O)N(C)Cc2ccccc2F)o1. The zero-order chi connectivity index (χ0) is 14.5. The number of halogens is 1. The maximum Gasteiger partial charge on any atom is 0.246 e. The first-order valence-corrected chi connectivity index (χ1v) is 6.29. The molecular formula is C16H16FNO2. The Bertz CT molecular complexity index is 631. The van der Waals surface area contributed by atoms with E-state index in [1.807, 2.05) is 13.0 Å². The number of furan rings is 1. The minimum Gasteiger partial charge on any atom is -0.462 e. The van der Waals surface area contributed by atoms with Crippen molar-refractivity contribution in [1.29, 1.82) is 0 Å². The second-order valence-corrected chi connectivity index (χ2v) is 4.57. The van der Waals surface area contributed by atoms with Gasteiger partial charge >= 0.3 is 0 Å². The third-order valence-electron chi connectivity index (χ3n) is 2.89. The van der Waals surface area contributed by atoms with Crippen molar-refractivity contribution in [2.75, 3.05) is 7.05 Å². The van der Waals surface area contributed by atoms with E-state index in [-0.39, 0.29) is 18.3 Å². The number of benzene rings is 1. The summed E-state index contributed by atoms with van der Waals surface area (Å²) in [5.74, 6) is 0.895. The molecule has 3 nitrogen and oxygen atoms in total. The molecule has 0 bridgehead atoms. The van der Waals surface area contributed by atoms with Crippen LogP contribution in [0.1, 0.15) is 17.1 Å². The Labute approximate surface area is 117 Å². The Morgan fingerprint density at radius 2 is 2.05 bits per heavy atom. The summed E-state index contributed by atoms with van der Waals surface area (Å²) in [6, 6.07) is 10.0. The lowest BCUT2D eigenvalue weighted by molar-refractivity contribution is -0.125. The monoisotopic (exact) mass is 273 g/mol. The number of nitrogens with zero attached hydrogens (tertiary/aromatic N) is 1. The quantitative estimate of drug-likeness (QED) is 0.800. The van der Waals surface area contributed by atoms with Gasteiger partial charge in [0, 0.05) is 25.2 Å². The summed E-state index contributed by atoms with van der Waals surface area (Å²) in [4.78, 5) is 13.4. The molecule has 1 heterocycles. The molecule has 0 aliphatic heterocycles. The molecule has 0 saturated carbocycles. The van der Waals surface area contributed by atoms with Gasteiger partial charge in [-0.15, -0.1) is 0 Å².